The van der Waals surface area contributed by atoms with Crippen LogP contribution in [-0.4, -0.2) is 24.2 Å². The van der Waals surface area contributed by atoms with E-state index < -0.39 is 0 Å². The molecule has 0 heterocycles. The number of nitrogens with one attached hydrogen (secondary N) is 1. The maximum absolute atomic E-state index is 10.8. The fraction of sp³-hybridized carbons (Fsp3) is 0.875. The molecular weight excluding hydrogens is 142 g/mol. The fourth-order valence-corrected chi connectivity index (χ4v) is 0.622. The van der Waals surface area contributed by atoms with Crippen LogP contribution >= 0.6 is 0 Å². The molecule has 0 saturated carbocycles. The number of carbonyl (C=O) groups is 1. The van der Waals surface area contributed by atoms with E-state index in [1.807, 2.05) is 0 Å². The first-order valence-electron chi connectivity index (χ1n) is 4.08. The van der Waals surface area contributed by atoms with Gasteiger partial charge in [-0.25, -0.2) is 0 Å². The SMILES string of the molecule is CCC(C)CNC(=O)CCO. The van der Waals surface area contributed by atoms with Gasteiger partial charge in [-0.2, -0.15) is 0 Å². The predicted molar refractivity (Wildman–Crippen MR) is 44.2 cm³/mol. The van der Waals surface area contributed by atoms with E-state index in [4.69, 9.17) is 5.11 Å². The maximum Gasteiger partial charge on any atom is 0.222 e. The van der Waals surface area contributed by atoms with Gasteiger partial charge < -0.3 is 10.4 Å². The van der Waals surface area contributed by atoms with Crippen LogP contribution < -0.4 is 5.32 Å². The number of amides is 1. The third-order valence-electron chi connectivity index (χ3n) is 1.68. The molecule has 0 rings (SSSR count). The monoisotopic (exact) mass is 159 g/mol. The quantitative estimate of drug-likeness (QED) is 0.614. The molecule has 0 aliphatic heterocycles. The molecule has 0 saturated heterocycles. The lowest BCUT2D eigenvalue weighted by Crippen LogP contribution is -2.28. The lowest BCUT2D eigenvalue weighted by atomic mass is 10.1. The summed E-state index contributed by atoms with van der Waals surface area (Å²) in [5, 5.41) is 11.1. The van der Waals surface area contributed by atoms with Crippen LogP contribution in [0.5, 0.6) is 0 Å². The number of hydrogen-bond donors (Lipinski definition) is 2. The molecular formula is C8H17NO2. The van der Waals surface area contributed by atoms with Crippen LogP contribution in [0.2, 0.25) is 0 Å². The van der Waals surface area contributed by atoms with Crippen molar-refractivity contribution < 1.29 is 9.90 Å². The van der Waals surface area contributed by atoms with Crippen LogP contribution in [0.25, 0.3) is 0 Å². The molecule has 0 bridgehead atoms. The van der Waals surface area contributed by atoms with Gasteiger partial charge in [0, 0.05) is 13.0 Å². The molecule has 0 spiro atoms. The molecule has 1 unspecified atom stereocenters. The zero-order valence-corrected chi connectivity index (χ0v) is 7.26. The number of rotatable bonds is 5. The Morgan fingerprint density at radius 2 is 2.27 bits per heavy atom. The fourth-order valence-electron chi connectivity index (χ4n) is 0.622. The van der Waals surface area contributed by atoms with Gasteiger partial charge in [-0.05, 0) is 5.92 Å². The van der Waals surface area contributed by atoms with Crippen molar-refractivity contribution in [3.05, 3.63) is 0 Å². The van der Waals surface area contributed by atoms with Gasteiger partial charge in [-0.1, -0.05) is 20.3 Å². The highest BCUT2D eigenvalue weighted by molar-refractivity contribution is 5.75. The predicted octanol–water partition coefficient (Wildman–Crippen LogP) is 0.531. The molecule has 11 heavy (non-hydrogen) atoms. The summed E-state index contributed by atoms with van der Waals surface area (Å²) in [5.41, 5.74) is 0. The Morgan fingerprint density at radius 3 is 2.73 bits per heavy atom. The van der Waals surface area contributed by atoms with Gasteiger partial charge in [0.2, 0.25) is 5.91 Å². The van der Waals surface area contributed by atoms with Crippen LogP contribution in [0.1, 0.15) is 26.7 Å². The average molecular weight is 159 g/mol. The highest BCUT2D eigenvalue weighted by Gasteiger charge is 2.01. The van der Waals surface area contributed by atoms with E-state index in [2.05, 4.69) is 19.2 Å². The van der Waals surface area contributed by atoms with Gasteiger partial charge in [-0.15, -0.1) is 0 Å². The number of hydrogen-bond acceptors (Lipinski definition) is 2. The Labute approximate surface area is 67.8 Å². The lowest BCUT2D eigenvalue weighted by molar-refractivity contribution is -0.121. The van der Waals surface area contributed by atoms with E-state index in [-0.39, 0.29) is 18.9 Å². The molecule has 0 aliphatic carbocycles. The third-order valence-corrected chi connectivity index (χ3v) is 1.68. The normalized spacial score (nSPS) is 12.6. The molecule has 1 atom stereocenters. The lowest BCUT2D eigenvalue weighted by Gasteiger charge is -2.08. The summed E-state index contributed by atoms with van der Waals surface area (Å²) in [5.74, 6) is 0.463. The van der Waals surface area contributed by atoms with Crippen molar-refractivity contribution in [3.8, 4) is 0 Å². The van der Waals surface area contributed by atoms with E-state index >= 15 is 0 Å². The highest BCUT2D eigenvalue weighted by Crippen LogP contribution is 1.96. The van der Waals surface area contributed by atoms with Crippen molar-refractivity contribution in [2.75, 3.05) is 13.2 Å². The molecule has 0 aromatic heterocycles. The van der Waals surface area contributed by atoms with Crippen LogP contribution in [0.15, 0.2) is 0 Å². The minimum atomic E-state index is -0.0632. The molecule has 0 fully saturated rings. The van der Waals surface area contributed by atoms with E-state index in [1.54, 1.807) is 0 Å². The zero-order chi connectivity index (χ0) is 8.69. The Hall–Kier alpha value is -0.570. The van der Waals surface area contributed by atoms with Crippen molar-refractivity contribution in [2.24, 2.45) is 5.92 Å². The first kappa shape index (κ1) is 10.4. The van der Waals surface area contributed by atoms with Crippen molar-refractivity contribution in [1.82, 2.24) is 5.32 Å². The first-order chi connectivity index (χ1) is 5.20. The summed E-state index contributed by atoms with van der Waals surface area (Å²) in [6.45, 7) is 4.82. The summed E-state index contributed by atoms with van der Waals surface area (Å²) >= 11 is 0. The van der Waals surface area contributed by atoms with Gasteiger partial charge >= 0.3 is 0 Å². The molecule has 0 aliphatic rings. The summed E-state index contributed by atoms with van der Waals surface area (Å²) in [6, 6.07) is 0. The largest absolute Gasteiger partial charge is 0.396 e. The van der Waals surface area contributed by atoms with Crippen molar-refractivity contribution in [3.63, 3.8) is 0 Å². The second-order valence-electron chi connectivity index (χ2n) is 2.79. The zero-order valence-electron chi connectivity index (χ0n) is 7.26. The summed E-state index contributed by atoms with van der Waals surface area (Å²) in [6.07, 6.45) is 1.29. The second kappa shape index (κ2) is 6.16. The third kappa shape index (κ3) is 5.85. The molecule has 2 N–H and O–H groups in total. The van der Waals surface area contributed by atoms with Gasteiger partial charge in [-0.3, -0.25) is 4.79 Å². The smallest absolute Gasteiger partial charge is 0.222 e. The van der Waals surface area contributed by atoms with Crippen LogP contribution in [-0.2, 0) is 4.79 Å². The van der Waals surface area contributed by atoms with Gasteiger partial charge in [0.15, 0.2) is 0 Å². The van der Waals surface area contributed by atoms with E-state index in [1.165, 1.54) is 0 Å². The van der Waals surface area contributed by atoms with Gasteiger partial charge in [0.1, 0.15) is 0 Å². The van der Waals surface area contributed by atoms with Crippen molar-refractivity contribution in [1.29, 1.82) is 0 Å². The minimum Gasteiger partial charge on any atom is -0.396 e. The second-order valence-corrected chi connectivity index (χ2v) is 2.79. The summed E-state index contributed by atoms with van der Waals surface area (Å²) in [4.78, 5) is 10.8. The molecule has 66 valence electrons. The average Bonchev–Trinajstić information content (AvgIpc) is 2.01. The topological polar surface area (TPSA) is 49.3 Å². The number of aliphatic hydroxyl groups excluding tert-OH is 1. The van der Waals surface area contributed by atoms with E-state index in [9.17, 15) is 4.79 Å². The Morgan fingerprint density at radius 1 is 1.64 bits per heavy atom. The summed E-state index contributed by atoms with van der Waals surface area (Å²) < 4.78 is 0. The van der Waals surface area contributed by atoms with Crippen molar-refractivity contribution >= 4 is 5.91 Å². The molecule has 0 radical (unpaired) electrons. The Bertz CT molecular complexity index is 115. The highest BCUT2D eigenvalue weighted by atomic mass is 16.3. The Balaban J connectivity index is 3.30. The van der Waals surface area contributed by atoms with E-state index in [0.717, 1.165) is 13.0 Å². The number of carbonyl (C=O) groups excluding carboxylic acids is 1. The molecule has 3 heteroatoms. The van der Waals surface area contributed by atoms with Gasteiger partial charge in [0.25, 0.3) is 0 Å². The number of aliphatic hydroxyl groups is 1. The molecule has 0 aromatic rings. The van der Waals surface area contributed by atoms with Crippen LogP contribution in [0.4, 0.5) is 0 Å². The minimum absolute atomic E-state index is 0.0622. The van der Waals surface area contributed by atoms with E-state index in [0.29, 0.717) is 5.92 Å². The van der Waals surface area contributed by atoms with Gasteiger partial charge in [0.05, 0.1) is 6.61 Å². The van der Waals surface area contributed by atoms with Crippen LogP contribution in [0.3, 0.4) is 0 Å². The molecule has 1 amide bonds. The van der Waals surface area contributed by atoms with Crippen molar-refractivity contribution in [2.45, 2.75) is 26.7 Å². The summed E-state index contributed by atoms with van der Waals surface area (Å²) in [7, 11) is 0. The molecule has 0 aromatic carbocycles. The first-order valence-corrected chi connectivity index (χ1v) is 4.08. The van der Waals surface area contributed by atoms with Crippen LogP contribution in [0, 0.1) is 5.92 Å². The Kier molecular flexibility index (Phi) is 5.84. The molecule has 3 nitrogen and oxygen atoms in total. The standard InChI is InChI=1S/C8H17NO2/c1-3-7(2)6-9-8(11)4-5-10/h7,10H,3-6H2,1-2H3,(H,9,11). The maximum atomic E-state index is 10.8.